The second-order valence-corrected chi connectivity index (χ2v) is 5.69. The third-order valence-electron chi connectivity index (χ3n) is 2.12. The summed E-state index contributed by atoms with van der Waals surface area (Å²) >= 11 is 2.19. The van der Waals surface area contributed by atoms with E-state index in [0.29, 0.717) is 23.0 Å². The molecule has 0 aliphatic carbocycles. The van der Waals surface area contributed by atoms with Crippen molar-refractivity contribution >= 4 is 39.6 Å². The topological polar surface area (TPSA) is 163 Å². The number of amidine groups is 2. The SMILES string of the molecule is N=C(N)SCc1cc(O)n2nc(CSC(=N)N)nc2n1. The minimum absolute atomic E-state index is 0.0221. The van der Waals surface area contributed by atoms with Gasteiger partial charge in [-0.25, -0.2) is 4.98 Å². The predicted octanol–water partition coefficient (Wildman–Crippen LogP) is 0.0832. The molecule has 0 spiro atoms. The van der Waals surface area contributed by atoms with Crippen LogP contribution >= 0.6 is 23.5 Å². The standard InChI is InChI=1S/C9H12N8OS2/c10-7(11)19-2-4-1-6(18)17-9(14-4)15-5(16-17)3-20-8(12)13/h1,18H,2-3H2,(H3,10,11)(H3,12,13). The van der Waals surface area contributed by atoms with Crippen molar-refractivity contribution < 1.29 is 5.11 Å². The van der Waals surface area contributed by atoms with Crippen LogP contribution in [-0.2, 0) is 11.5 Å². The third kappa shape index (κ3) is 3.51. The van der Waals surface area contributed by atoms with Gasteiger partial charge in [0, 0.05) is 11.8 Å². The second-order valence-electron chi connectivity index (χ2n) is 3.65. The van der Waals surface area contributed by atoms with Gasteiger partial charge in [0.15, 0.2) is 16.2 Å². The van der Waals surface area contributed by atoms with E-state index < -0.39 is 0 Å². The van der Waals surface area contributed by atoms with Crippen molar-refractivity contribution in [2.45, 2.75) is 11.5 Å². The van der Waals surface area contributed by atoms with Gasteiger partial charge in [0.05, 0.1) is 11.4 Å². The molecule has 0 bridgehead atoms. The summed E-state index contributed by atoms with van der Waals surface area (Å²) in [6.45, 7) is 0. The maximum absolute atomic E-state index is 9.86. The molecule has 0 fully saturated rings. The number of thioether (sulfide) groups is 2. The van der Waals surface area contributed by atoms with E-state index in [4.69, 9.17) is 22.3 Å². The van der Waals surface area contributed by atoms with Crippen LogP contribution in [0.5, 0.6) is 5.88 Å². The number of hydrogen-bond acceptors (Lipinski definition) is 8. The van der Waals surface area contributed by atoms with E-state index in [-0.39, 0.29) is 22.0 Å². The number of aromatic nitrogens is 4. The Morgan fingerprint density at radius 1 is 1.20 bits per heavy atom. The third-order valence-corrected chi connectivity index (χ3v) is 3.59. The molecule has 2 rings (SSSR count). The minimum Gasteiger partial charge on any atom is -0.493 e. The van der Waals surface area contributed by atoms with Gasteiger partial charge < -0.3 is 16.6 Å². The van der Waals surface area contributed by atoms with Gasteiger partial charge in [0.25, 0.3) is 5.78 Å². The highest BCUT2D eigenvalue weighted by molar-refractivity contribution is 8.13. The summed E-state index contributed by atoms with van der Waals surface area (Å²) in [6, 6.07) is 1.44. The molecule has 2 aromatic heterocycles. The van der Waals surface area contributed by atoms with E-state index in [1.807, 2.05) is 0 Å². The molecule has 0 aromatic carbocycles. The Labute approximate surface area is 122 Å². The Balaban J connectivity index is 2.24. The molecule has 0 radical (unpaired) electrons. The molecule has 0 amide bonds. The molecule has 2 aromatic rings. The van der Waals surface area contributed by atoms with E-state index in [9.17, 15) is 5.11 Å². The highest BCUT2D eigenvalue weighted by Gasteiger charge is 2.11. The fourth-order valence-electron chi connectivity index (χ4n) is 1.37. The molecule has 0 saturated heterocycles. The summed E-state index contributed by atoms with van der Waals surface area (Å²) in [4.78, 5) is 8.36. The van der Waals surface area contributed by atoms with Crippen LogP contribution in [0.1, 0.15) is 11.5 Å². The maximum Gasteiger partial charge on any atom is 0.255 e. The molecule has 2 heterocycles. The lowest BCUT2D eigenvalue weighted by Gasteiger charge is -2.01. The fourth-order valence-corrected chi connectivity index (χ4v) is 2.23. The number of aromatic hydroxyl groups is 1. The van der Waals surface area contributed by atoms with E-state index in [0.717, 1.165) is 23.5 Å². The Morgan fingerprint density at radius 2 is 1.85 bits per heavy atom. The van der Waals surface area contributed by atoms with E-state index >= 15 is 0 Å². The Morgan fingerprint density at radius 3 is 2.50 bits per heavy atom. The molecule has 0 atom stereocenters. The minimum atomic E-state index is -0.0965. The van der Waals surface area contributed by atoms with Gasteiger partial charge in [-0.05, 0) is 0 Å². The van der Waals surface area contributed by atoms with Crippen molar-refractivity contribution in [3.05, 3.63) is 17.6 Å². The van der Waals surface area contributed by atoms with Crippen molar-refractivity contribution in [2.24, 2.45) is 11.5 Å². The summed E-state index contributed by atoms with van der Waals surface area (Å²) in [5.41, 5.74) is 11.0. The molecular formula is C9H12N8OS2. The molecule has 9 nitrogen and oxygen atoms in total. The first-order valence-corrected chi connectivity index (χ1v) is 7.31. The lowest BCUT2D eigenvalue weighted by Crippen LogP contribution is -2.05. The van der Waals surface area contributed by atoms with Crippen molar-refractivity contribution in [1.29, 1.82) is 10.8 Å². The quantitative estimate of drug-likeness (QED) is 0.391. The summed E-state index contributed by atoms with van der Waals surface area (Å²) in [5.74, 6) is 1.27. The number of fused-ring (bicyclic) bond motifs is 1. The average Bonchev–Trinajstić information content (AvgIpc) is 2.77. The van der Waals surface area contributed by atoms with Crippen molar-refractivity contribution in [3.8, 4) is 5.88 Å². The highest BCUT2D eigenvalue weighted by atomic mass is 32.2. The number of nitrogens with zero attached hydrogens (tertiary/aromatic N) is 4. The monoisotopic (exact) mass is 312 g/mol. The highest BCUT2D eigenvalue weighted by Crippen LogP contribution is 2.17. The number of nitrogens with two attached hydrogens (primary N) is 2. The Bertz CT molecular complexity index is 669. The molecule has 0 aliphatic rings. The van der Waals surface area contributed by atoms with Crippen molar-refractivity contribution in [3.63, 3.8) is 0 Å². The van der Waals surface area contributed by atoms with Gasteiger partial charge in [-0.1, -0.05) is 23.5 Å². The van der Waals surface area contributed by atoms with Crippen LogP contribution in [0.4, 0.5) is 0 Å². The van der Waals surface area contributed by atoms with Crippen LogP contribution in [0.25, 0.3) is 5.78 Å². The number of nitrogens with one attached hydrogen (secondary N) is 2. The van der Waals surface area contributed by atoms with Gasteiger partial charge in [-0.15, -0.1) is 5.10 Å². The van der Waals surface area contributed by atoms with Crippen LogP contribution in [-0.4, -0.2) is 35.0 Å². The van der Waals surface area contributed by atoms with Gasteiger partial charge in [-0.3, -0.25) is 10.8 Å². The molecular weight excluding hydrogens is 300 g/mol. The van der Waals surface area contributed by atoms with Gasteiger partial charge >= 0.3 is 0 Å². The molecule has 106 valence electrons. The summed E-state index contributed by atoms with van der Waals surface area (Å²) < 4.78 is 1.21. The maximum atomic E-state index is 9.86. The summed E-state index contributed by atoms with van der Waals surface area (Å²) in [6.07, 6.45) is 0. The zero-order valence-corrected chi connectivity index (χ0v) is 11.8. The zero-order valence-electron chi connectivity index (χ0n) is 10.2. The normalized spacial score (nSPS) is 10.8. The summed E-state index contributed by atoms with van der Waals surface area (Å²) in [7, 11) is 0. The van der Waals surface area contributed by atoms with Gasteiger partial charge in [0.1, 0.15) is 0 Å². The van der Waals surface area contributed by atoms with Gasteiger partial charge in [-0.2, -0.15) is 9.50 Å². The Kier molecular flexibility index (Phi) is 4.29. The van der Waals surface area contributed by atoms with Crippen LogP contribution in [0.2, 0.25) is 0 Å². The molecule has 7 N–H and O–H groups in total. The van der Waals surface area contributed by atoms with Crippen molar-refractivity contribution in [2.75, 3.05) is 0 Å². The predicted molar refractivity (Wildman–Crippen MR) is 78.9 cm³/mol. The smallest absolute Gasteiger partial charge is 0.255 e. The van der Waals surface area contributed by atoms with Crippen LogP contribution in [0.3, 0.4) is 0 Å². The lowest BCUT2D eigenvalue weighted by atomic mass is 10.4. The van der Waals surface area contributed by atoms with Crippen LogP contribution < -0.4 is 11.5 Å². The molecule has 20 heavy (non-hydrogen) atoms. The van der Waals surface area contributed by atoms with E-state index in [2.05, 4.69) is 15.1 Å². The lowest BCUT2D eigenvalue weighted by molar-refractivity contribution is 0.434. The molecule has 0 saturated carbocycles. The first kappa shape index (κ1) is 14.4. The van der Waals surface area contributed by atoms with E-state index in [1.54, 1.807) is 0 Å². The molecule has 0 aliphatic heterocycles. The van der Waals surface area contributed by atoms with Crippen molar-refractivity contribution in [1.82, 2.24) is 19.6 Å². The van der Waals surface area contributed by atoms with E-state index in [1.165, 1.54) is 10.6 Å². The average molecular weight is 312 g/mol. The van der Waals surface area contributed by atoms with Gasteiger partial charge in [0.2, 0.25) is 5.88 Å². The van der Waals surface area contributed by atoms with Crippen LogP contribution in [0.15, 0.2) is 6.07 Å². The first-order valence-electron chi connectivity index (χ1n) is 5.34. The second kappa shape index (κ2) is 5.96. The number of rotatable bonds is 4. The summed E-state index contributed by atoms with van der Waals surface area (Å²) in [5, 5.41) is 28.1. The largest absolute Gasteiger partial charge is 0.493 e. The Hall–Kier alpha value is -2.01. The van der Waals surface area contributed by atoms with Crippen LogP contribution in [0, 0.1) is 10.8 Å². The first-order chi connectivity index (χ1) is 9.45. The number of hydrogen-bond donors (Lipinski definition) is 5. The molecule has 11 heteroatoms. The zero-order chi connectivity index (χ0) is 14.7. The fraction of sp³-hybridized carbons (Fsp3) is 0.222. The molecule has 0 unspecified atom stereocenters.